The van der Waals surface area contributed by atoms with Crippen molar-refractivity contribution in [3.8, 4) is 11.5 Å². The minimum Gasteiger partial charge on any atom is -0.493 e. The van der Waals surface area contributed by atoms with Crippen LogP contribution in [0.5, 0.6) is 11.5 Å². The molecule has 3 aromatic rings. The molecule has 2 aromatic carbocycles. The Labute approximate surface area is 180 Å². The summed E-state index contributed by atoms with van der Waals surface area (Å²) in [5.41, 5.74) is 1.35. The molecule has 0 bridgehead atoms. The quantitative estimate of drug-likeness (QED) is 0.282. The van der Waals surface area contributed by atoms with Crippen molar-refractivity contribution in [2.24, 2.45) is 0 Å². The van der Waals surface area contributed by atoms with E-state index in [1.165, 1.54) is 13.2 Å². The van der Waals surface area contributed by atoms with E-state index < -0.39 is 11.6 Å². The number of ether oxygens (including phenoxy) is 2. The van der Waals surface area contributed by atoms with Gasteiger partial charge in [-0.25, -0.2) is 4.79 Å². The lowest BCUT2D eigenvalue weighted by molar-refractivity contribution is -0.136. The summed E-state index contributed by atoms with van der Waals surface area (Å²) in [7, 11) is 3.29. The summed E-state index contributed by atoms with van der Waals surface area (Å²) < 4.78 is 16.1. The van der Waals surface area contributed by atoms with Crippen LogP contribution in [0, 0.1) is 0 Å². The van der Waals surface area contributed by atoms with Gasteiger partial charge in [0, 0.05) is 43.1 Å². The van der Waals surface area contributed by atoms with Gasteiger partial charge in [0.25, 0.3) is 0 Å². The highest BCUT2D eigenvalue weighted by Crippen LogP contribution is 2.36. The second kappa shape index (κ2) is 9.93. The molecule has 1 heterocycles. The number of carbonyl (C=O) groups excluding carboxylic acids is 2. The van der Waals surface area contributed by atoms with Crippen LogP contribution in [0.25, 0.3) is 11.0 Å². The van der Waals surface area contributed by atoms with E-state index in [0.717, 1.165) is 11.8 Å². The van der Waals surface area contributed by atoms with E-state index in [4.69, 9.17) is 13.9 Å². The fourth-order valence-electron chi connectivity index (χ4n) is 3.28. The highest BCUT2D eigenvalue weighted by atomic mass is 16.6. The third kappa shape index (κ3) is 5.31. The van der Waals surface area contributed by atoms with Crippen LogP contribution < -0.4 is 20.0 Å². The Balaban J connectivity index is 1.87. The Bertz CT molecular complexity index is 1150. The van der Waals surface area contributed by atoms with E-state index in [0.29, 0.717) is 29.1 Å². The molecule has 0 aliphatic rings. The molecule has 0 spiro atoms. The number of hydrogen-bond acceptors (Lipinski definition) is 7. The monoisotopic (exact) mass is 423 g/mol. The predicted molar refractivity (Wildman–Crippen MR) is 118 cm³/mol. The van der Waals surface area contributed by atoms with Crippen LogP contribution in [0.4, 0.5) is 11.4 Å². The maximum Gasteiger partial charge on any atom is 0.338 e. The molecule has 1 aromatic heterocycles. The topological polar surface area (TPSA) is 86.1 Å². The Morgan fingerprint density at radius 2 is 1.77 bits per heavy atom. The van der Waals surface area contributed by atoms with Crippen molar-refractivity contribution in [2.45, 2.75) is 32.6 Å². The first-order valence-electron chi connectivity index (χ1n) is 10.1. The lowest BCUT2D eigenvalue weighted by Crippen LogP contribution is -2.14. The highest BCUT2D eigenvalue weighted by Gasteiger charge is 2.16. The van der Waals surface area contributed by atoms with E-state index in [1.54, 1.807) is 42.3 Å². The van der Waals surface area contributed by atoms with E-state index in [9.17, 15) is 14.4 Å². The molecule has 0 saturated heterocycles. The van der Waals surface area contributed by atoms with Gasteiger partial charge in [-0.3, -0.25) is 9.59 Å². The molecule has 3 rings (SSSR count). The number of nitrogens with zero attached hydrogens (tertiary/aromatic N) is 1. The van der Waals surface area contributed by atoms with Crippen molar-refractivity contribution in [2.75, 3.05) is 19.1 Å². The minimum atomic E-state index is -0.506. The summed E-state index contributed by atoms with van der Waals surface area (Å²) in [6, 6.07) is 13.8. The second-order valence-electron chi connectivity index (χ2n) is 7.10. The maximum absolute atomic E-state index is 12.3. The fourth-order valence-corrected chi connectivity index (χ4v) is 3.28. The van der Waals surface area contributed by atoms with E-state index in [2.05, 4.69) is 0 Å². The first kappa shape index (κ1) is 22.1. The van der Waals surface area contributed by atoms with Gasteiger partial charge in [-0.15, -0.1) is 0 Å². The molecule has 0 atom stereocenters. The molecule has 0 saturated carbocycles. The number of methoxy groups -OCH3 is 1. The first-order chi connectivity index (χ1) is 14.9. The number of ketones is 1. The zero-order valence-corrected chi connectivity index (χ0v) is 17.8. The maximum atomic E-state index is 12.3. The largest absolute Gasteiger partial charge is 0.493 e. The number of rotatable bonds is 9. The number of carbonyl (C=O) groups is 2. The van der Waals surface area contributed by atoms with Crippen molar-refractivity contribution >= 4 is 34.1 Å². The van der Waals surface area contributed by atoms with Crippen LogP contribution in [-0.4, -0.2) is 25.9 Å². The number of benzene rings is 2. The second-order valence-corrected chi connectivity index (χ2v) is 7.10. The number of hydrogen-bond donors (Lipinski definition) is 0. The summed E-state index contributed by atoms with van der Waals surface area (Å²) >= 11 is 0. The van der Waals surface area contributed by atoms with Gasteiger partial charge in [0.1, 0.15) is 11.4 Å². The lowest BCUT2D eigenvalue weighted by Gasteiger charge is -2.22. The Morgan fingerprint density at radius 1 is 1.00 bits per heavy atom. The van der Waals surface area contributed by atoms with Crippen LogP contribution in [0.3, 0.4) is 0 Å². The Hall–Kier alpha value is -3.61. The van der Waals surface area contributed by atoms with Crippen LogP contribution >= 0.6 is 0 Å². The van der Waals surface area contributed by atoms with Gasteiger partial charge in [-0.05, 0) is 30.7 Å². The fraction of sp³-hybridized carbons (Fsp3) is 0.292. The van der Waals surface area contributed by atoms with Gasteiger partial charge < -0.3 is 18.8 Å². The highest BCUT2D eigenvalue weighted by molar-refractivity contribution is 5.92. The van der Waals surface area contributed by atoms with E-state index >= 15 is 0 Å². The van der Waals surface area contributed by atoms with Crippen LogP contribution in [-0.2, 0) is 9.59 Å². The summed E-state index contributed by atoms with van der Waals surface area (Å²) in [5.74, 6) is 0.165. The van der Waals surface area contributed by atoms with Gasteiger partial charge in [0.15, 0.2) is 11.5 Å². The number of anilines is 2. The molecule has 0 unspecified atom stereocenters. The number of Topliss-reactive ketones (excluding diaryl/α,β-unsaturated/α-hetero) is 1. The lowest BCUT2D eigenvalue weighted by atomic mass is 10.1. The van der Waals surface area contributed by atoms with Crippen molar-refractivity contribution < 1.29 is 23.5 Å². The molecule has 7 nitrogen and oxygen atoms in total. The number of esters is 1. The van der Waals surface area contributed by atoms with Gasteiger partial charge in [-0.1, -0.05) is 19.1 Å². The molecule has 0 amide bonds. The molecule has 0 N–H and O–H groups in total. The zero-order valence-electron chi connectivity index (χ0n) is 17.8. The first-order valence-corrected chi connectivity index (χ1v) is 10.1. The number of para-hydroxylation sites is 1. The molecule has 7 heteroatoms. The molecule has 162 valence electrons. The SMILES string of the molecule is CCCC(=O)CCC(=O)Oc1cc(N(C)c2cc(=O)oc3ccccc23)ccc1OC. The number of fused-ring (bicyclic) bond motifs is 1. The Kier molecular flexibility index (Phi) is 7.07. The normalized spacial score (nSPS) is 10.7. The van der Waals surface area contributed by atoms with Crippen molar-refractivity contribution in [3.63, 3.8) is 0 Å². The summed E-state index contributed by atoms with van der Waals surface area (Å²) in [6.45, 7) is 1.92. The third-order valence-electron chi connectivity index (χ3n) is 4.88. The van der Waals surface area contributed by atoms with E-state index in [-0.39, 0.29) is 24.4 Å². The van der Waals surface area contributed by atoms with Gasteiger partial charge in [0.05, 0.1) is 19.2 Å². The van der Waals surface area contributed by atoms with Gasteiger partial charge >= 0.3 is 11.6 Å². The van der Waals surface area contributed by atoms with Crippen molar-refractivity contribution in [1.29, 1.82) is 0 Å². The molecule has 0 fully saturated rings. The average molecular weight is 423 g/mol. The van der Waals surface area contributed by atoms with Crippen molar-refractivity contribution in [1.82, 2.24) is 0 Å². The molecular formula is C24H25NO6. The summed E-state index contributed by atoms with van der Waals surface area (Å²) in [4.78, 5) is 37.8. The summed E-state index contributed by atoms with van der Waals surface area (Å²) in [5, 5.41) is 0.772. The van der Waals surface area contributed by atoms with E-state index in [1.807, 2.05) is 19.1 Å². The standard InChI is InChI=1S/C24H25NO6/c1-4-7-17(26)11-13-23(27)31-22-14-16(10-12-21(22)29-3)25(2)19-15-24(28)30-20-9-6-5-8-18(19)20/h5-6,8-10,12,14-15H,4,7,11,13H2,1-3H3. The van der Waals surface area contributed by atoms with Crippen LogP contribution in [0.2, 0.25) is 0 Å². The smallest absolute Gasteiger partial charge is 0.338 e. The molecule has 0 aliphatic carbocycles. The zero-order chi connectivity index (χ0) is 22.4. The molecule has 0 aliphatic heterocycles. The van der Waals surface area contributed by atoms with Crippen LogP contribution in [0.1, 0.15) is 32.6 Å². The molecule has 31 heavy (non-hydrogen) atoms. The predicted octanol–water partition coefficient (Wildman–Crippen LogP) is 4.62. The minimum absolute atomic E-state index is 0.00637. The van der Waals surface area contributed by atoms with Gasteiger partial charge in [-0.2, -0.15) is 0 Å². The van der Waals surface area contributed by atoms with Gasteiger partial charge in [0.2, 0.25) is 0 Å². The molecular weight excluding hydrogens is 398 g/mol. The Morgan fingerprint density at radius 3 is 2.52 bits per heavy atom. The summed E-state index contributed by atoms with van der Waals surface area (Å²) in [6.07, 6.45) is 1.37. The average Bonchev–Trinajstić information content (AvgIpc) is 2.76. The third-order valence-corrected chi connectivity index (χ3v) is 4.88. The van der Waals surface area contributed by atoms with Crippen LogP contribution in [0.15, 0.2) is 57.7 Å². The van der Waals surface area contributed by atoms with Crippen molar-refractivity contribution in [3.05, 3.63) is 59.0 Å². The molecule has 0 radical (unpaired) electrons.